The van der Waals surface area contributed by atoms with Crippen LogP contribution >= 0.6 is 0 Å². The Morgan fingerprint density at radius 1 is 1.67 bits per heavy atom. The van der Waals surface area contributed by atoms with E-state index in [0.29, 0.717) is 18.8 Å². The fraction of sp³-hybridized carbons (Fsp3) is 0.727. The maximum atomic E-state index is 5.74. The Bertz CT molecular complexity index is 303. The van der Waals surface area contributed by atoms with Crippen LogP contribution in [-0.2, 0) is 11.3 Å². The average Bonchev–Trinajstić information content (AvgIpc) is 2.86. The van der Waals surface area contributed by atoms with Crippen LogP contribution < -0.4 is 5.32 Å². The first-order valence-electron chi connectivity index (χ1n) is 5.62. The van der Waals surface area contributed by atoms with Crippen molar-refractivity contribution in [2.24, 2.45) is 0 Å². The number of nitrogens with zero attached hydrogens (tertiary/aromatic N) is 2. The van der Waals surface area contributed by atoms with Crippen molar-refractivity contribution < 1.29 is 4.74 Å². The van der Waals surface area contributed by atoms with E-state index in [1.165, 1.54) is 0 Å². The molecule has 2 heterocycles. The highest BCUT2D eigenvalue weighted by Gasteiger charge is 2.15. The van der Waals surface area contributed by atoms with Crippen molar-refractivity contribution in [3.05, 3.63) is 18.0 Å². The smallest absolute Gasteiger partial charge is 0.0910 e. The second-order valence-corrected chi connectivity index (χ2v) is 4.31. The van der Waals surface area contributed by atoms with Crippen LogP contribution in [0.4, 0.5) is 0 Å². The molecule has 1 aliphatic heterocycles. The van der Waals surface area contributed by atoms with Crippen molar-refractivity contribution in [3.8, 4) is 0 Å². The van der Waals surface area contributed by atoms with E-state index >= 15 is 0 Å². The Hall–Kier alpha value is -0.870. The van der Waals surface area contributed by atoms with Crippen LogP contribution in [0.2, 0.25) is 0 Å². The highest BCUT2D eigenvalue weighted by atomic mass is 16.5. The number of hydrogen-bond acceptors (Lipinski definition) is 3. The molecule has 0 amide bonds. The molecule has 4 nitrogen and oxygen atoms in total. The minimum atomic E-state index is 0.370. The number of rotatable bonds is 4. The normalized spacial score (nSPS) is 21.4. The molecule has 1 aromatic rings. The van der Waals surface area contributed by atoms with E-state index in [1.54, 1.807) is 0 Å². The summed E-state index contributed by atoms with van der Waals surface area (Å²) in [5.41, 5.74) is 1.02. The van der Waals surface area contributed by atoms with Crippen molar-refractivity contribution in [2.45, 2.75) is 39.0 Å². The molecule has 1 atom stereocenters. The maximum Gasteiger partial charge on any atom is 0.0910 e. The van der Waals surface area contributed by atoms with Gasteiger partial charge in [-0.3, -0.25) is 4.68 Å². The Morgan fingerprint density at radius 2 is 2.53 bits per heavy atom. The van der Waals surface area contributed by atoms with Gasteiger partial charge in [0.1, 0.15) is 0 Å². The third kappa shape index (κ3) is 2.79. The van der Waals surface area contributed by atoms with Crippen LogP contribution in [0.25, 0.3) is 0 Å². The maximum absolute atomic E-state index is 5.74. The zero-order valence-electron chi connectivity index (χ0n) is 9.44. The van der Waals surface area contributed by atoms with Gasteiger partial charge in [0.15, 0.2) is 0 Å². The Kier molecular flexibility index (Phi) is 3.38. The molecule has 0 bridgehead atoms. The Balaban J connectivity index is 1.82. The molecule has 4 heteroatoms. The quantitative estimate of drug-likeness (QED) is 0.813. The summed E-state index contributed by atoms with van der Waals surface area (Å²) in [6.45, 7) is 6.93. The molecule has 0 radical (unpaired) electrons. The van der Waals surface area contributed by atoms with Gasteiger partial charge in [-0.05, 0) is 32.9 Å². The third-order valence-corrected chi connectivity index (χ3v) is 2.67. The Labute approximate surface area is 90.6 Å². The van der Waals surface area contributed by atoms with E-state index in [-0.39, 0.29) is 0 Å². The standard InChI is InChI=1S/C11H19N3O/c1-9(2)14-6-4-10(13-14)8-15-11-3-5-12-7-11/h4,6,9,11-12H,3,5,7-8H2,1-2H3. The summed E-state index contributed by atoms with van der Waals surface area (Å²) < 4.78 is 7.71. The molecule has 0 aliphatic carbocycles. The summed E-state index contributed by atoms with van der Waals surface area (Å²) >= 11 is 0. The zero-order valence-corrected chi connectivity index (χ0v) is 9.44. The van der Waals surface area contributed by atoms with Gasteiger partial charge in [-0.25, -0.2) is 0 Å². The lowest BCUT2D eigenvalue weighted by atomic mass is 10.3. The highest BCUT2D eigenvalue weighted by Crippen LogP contribution is 2.09. The van der Waals surface area contributed by atoms with Crippen molar-refractivity contribution >= 4 is 0 Å². The van der Waals surface area contributed by atoms with E-state index in [1.807, 2.05) is 16.9 Å². The largest absolute Gasteiger partial charge is 0.370 e. The molecule has 15 heavy (non-hydrogen) atoms. The molecule has 1 unspecified atom stereocenters. The van der Waals surface area contributed by atoms with Gasteiger partial charge in [0.05, 0.1) is 18.4 Å². The number of hydrogen-bond donors (Lipinski definition) is 1. The lowest BCUT2D eigenvalue weighted by Gasteiger charge is -2.08. The third-order valence-electron chi connectivity index (χ3n) is 2.67. The number of nitrogens with one attached hydrogen (secondary N) is 1. The van der Waals surface area contributed by atoms with E-state index in [0.717, 1.165) is 25.2 Å². The second kappa shape index (κ2) is 4.77. The van der Waals surface area contributed by atoms with Crippen LogP contribution in [0.5, 0.6) is 0 Å². The van der Waals surface area contributed by atoms with Gasteiger partial charge in [0.2, 0.25) is 0 Å². The monoisotopic (exact) mass is 209 g/mol. The average molecular weight is 209 g/mol. The topological polar surface area (TPSA) is 39.1 Å². The van der Waals surface area contributed by atoms with Gasteiger partial charge < -0.3 is 10.1 Å². The summed E-state index contributed by atoms with van der Waals surface area (Å²) in [6, 6.07) is 2.45. The molecular weight excluding hydrogens is 190 g/mol. The van der Waals surface area contributed by atoms with E-state index in [2.05, 4.69) is 24.3 Å². The first-order valence-corrected chi connectivity index (χ1v) is 5.62. The van der Waals surface area contributed by atoms with Crippen molar-refractivity contribution in [2.75, 3.05) is 13.1 Å². The lowest BCUT2D eigenvalue weighted by molar-refractivity contribution is 0.0518. The first kappa shape index (κ1) is 10.6. The van der Waals surface area contributed by atoms with Crippen molar-refractivity contribution in [3.63, 3.8) is 0 Å². The molecule has 1 aromatic heterocycles. The second-order valence-electron chi connectivity index (χ2n) is 4.31. The van der Waals surface area contributed by atoms with Crippen molar-refractivity contribution in [1.82, 2.24) is 15.1 Å². The van der Waals surface area contributed by atoms with Crippen LogP contribution in [0, 0.1) is 0 Å². The molecule has 1 saturated heterocycles. The minimum absolute atomic E-state index is 0.370. The molecule has 0 saturated carbocycles. The highest BCUT2D eigenvalue weighted by molar-refractivity contribution is 4.98. The number of aromatic nitrogens is 2. The molecule has 0 spiro atoms. The van der Waals surface area contributed by atoms with Gasteiger partial charge in [-0.1, -0.05) is 0 Å². The fourth-order valence-corrected chi connectivity index (χ4v) is 1.72. The Morgan fingerprint density at radius 3 is 3.13 bits per heavy atom. The van der Waals surface area contributed by atoms with Gasteiger partial charge in [0, 0.05) is 18.8 Å². The first-order chi connectivity index (χ1) is 7.25. The predicted molar refractivity (Wildman–Crippen MR) is 58.7 cm³/mol. The molecule has 0 aromatic carbocycles. The zero-order chi connectivity index (χ0) is 10.7. The predicted octanol–water partition coefficient (Wildman–Crippen LogP) is 1.34. The molecule has 84 valence electrons. The molecule has 2 rings (SSSR count). The summed E-state index contributed by atoms with van der Waals surface area (Å²) in [5, 5.41) is 7.72. The summed E-state index contributed by atoms with van der Waals surface area (Å²) in [7, 11) is 0. The number of ether oxygens (including phenoxy) is 1. The lowest BCUT2D eigenvalue weighted by Crippen LogP contribution is -2.16. The fourth-order valence-electron chi connectivity index (χ4n) is 1.72. The van der Waals surface area contributed by atoms with Gasteiger partial charge in [-0.15, -0.1) is 0 Å². The van der Waals surface area contributed by atoms with E-state index in [4.69, 9.17) is 4.74 Å². The summed E-state index contributed by atoms with van der Waals surface area (Å²) in [5.74, 6) is 0. The SMILES string of the molecule is CC(C)n1ccc(COC2CCNC2)n1. The van der Waals surface area contributed by atoms with Gasteiger partial charge in [0.25, 0.3) is 0 Å². The molecule has 1 N–H and O–H groups in total. The molecular formula is C11H19N3O. The van der Waals surface area contributed by atoms with Crippen LogP contribution in [0.15, 0.2) is 12.3 Å². The van der Waals surface area contributed by atoms with Crippen LogP contribution in [-0.4, -0.2) is 29.0 Å². The summed E-state index contributed by atoms with van der Waals surface area (Å²) in [6.07, 6.45) is 3.50. The van der Waals surface area contributed by atoms with E-state index in [9.17, 15) is 0 Å². The van der Waals surface area contributed by atoms with E-state index < -0.39 is 0 Å². The minimum Gasteiger partial charge on any atom is -0.370 e. The molecule has 1 aliphatic rings. The molecule has 1 fully saturated rings. The van der Waals surface area contributed by atoms with Crippen LogP contribution in [0.1, 0.15) is 32.0 Å². The summed E-state index contributed by atoms with van der Waals surface area (Å²) in [4.78, 5) is 0. The van der Waals surface area contributed by atoms with Gasteiger partial charge in [-0.2, -0.15) is 5.10 Å². The van der Waals surface area contributed by atoms with Gasteiger partial charge >= 0.3 is 0 Å². The van der Waals surface area contributed by atoms with Crippen LogP contribution in [0.3, 0.4) is 0 Å². The van der Waals surface area contributed by atoms with Crippen molar-refractivity contribution in [1.29, 1.82) is 0 Å².